The van der Waals surface area contributed by atoms with Crippen LogP contribution in [0.15, 0.2) is 79.0 Å². The Kier molecular flexibility index (Phi) is 7.86. The number of methoxy groups -OCH3 is 1. The Morgan fingerprint density at radius 2 is 1.60 bits per heavy atom. The van der Waals surface area contributed by atoms with Gasteiger partial charge in [-0.15, -0.1) is 0 Å². The Bertz CT molecular complexity index is 1660. The van der Waals surface area contributed by atoms with Gasteiger partial charge in [-0.2, -0.15) is 0 Å². The Morgan fingerprint density at radius 1 is 0.907 bits per heavy atom. The molecule has 43 heavy (non-hydrogen) atoms. The number of carbonyl (C=O) groups excluding carboxylic acids is 2. The zero-order valence-corrected chi connectivity index (χ0v) is 24.7. The molecule has 2 atom stereocenters. The van der Waals surface area contributed by atoms with E-state index in [0.717, 1.165) is 27.7 Å². The molecule has 1 saturated heterocycles. The summed E-state index contributed by atoms with van der Waals surface area (Å²) >= 11 is 0. The number of aryl methyl sites for hydroxylation is 1. The average Bonchev–Trinajstić information content (AvgIpc) is 3.39. The molecule has 0 spiro atoms. The minimum absolute atomic E-state index is 0.0115. The van der Waals surface area contributed by atoms with Crippen LogP contribution in [0.25, 0.3) is 10.9 Å². The predicted molar refractivity (Wildman–Crippen MR) is 163 cm³/mol. The van der Waals surface area contributed by atoms with Gasteiger partial charge in [0.1, 0.15) is 0 Å². The molecule has 2 unspecified atom stereocenters. The fourth-order valence-electron chi connectivity index (χ4n) is 6.52. The molecule has 3 heterocycles. The van der Waals surface area contributed by atoms with Gasteiger partial charge in [-0.25, -0.2) is 4.84 Å². The molecule has 222 valence electrons. The lowest BCUT2D eigenvalue weighted by atomic mass is 9.78. The summed E-state index contributed by atoms with van der Waals surface area (Å²) in [6.07, 6.45) is 2.06. The van der Waals surface area contributed by atoms with E-state index in [-0.39, 0.29) is 11.8 Å². The first-order valence-corrected chi connectivity index (χ1v) is 14.5. The third-order valence-corrected chi connectivity index (χ3v) is 8.67. The Hall–Kier alpha value is -4.70. The normalized spacial score (nSPS) is 18.6. The molecule has 0 radical (unpaired) electrons. The number of hydrogen-bond donors (Lipinski definition) is 0. The molecule has 1 fully saturated rings. The maximum absolute atomic E-state index is 14.6. The second-order valence-electron chi connectivity index (χ2n) is 11.0. The summed E-state index contributed by atoms with van der Waals surface area (Å²) in [6.45, 7) is 3.11. The molecule has 0 aliphatic carbocycles. The summed E-state index contributed by atoms with van der Waals surface area (Å²) in [5, 5.41) is 1.03. The zero-order chi connectivity index (χ0) is 30.1. The lowest BCUT2D eigenvalue weighted by molar-refractivity contribution is -0.736. The molecule has 4 aromatic rings. The third-order valence-electron chi connectivity index (χ3n) is 8.67. The molecule has 2 aliphatic rings. The number of benzene rings is 3. The van der Waals surface area contributed by atoms with Gasteiger partial charge in [-0.3, -0.25) is 9.59 Å². The van der Waals surface area contributed by atoms with Crippen LogP contribution in [0.4, 0.5) is 11.4 Å². The number of fused-ring (bicyclic) bond motifs is 2. The second-order valence-corrected chi connectivity index (χ2v) is 11.0. The third kappa shape index (κ3) is 5.12. The quantitative estimate of drug-likeness (QED) is 0.286. The van der Waals surface area contributed by atoms with Crippen LogP contribution >= 0.6 is 0 Å². The summed E-state index contributed by atoms with van der Waals surface area (Å²) in [5.41, 5.74) is 4.74. The molecule has 0 N–H and O–H groups in total. The summed E-state index contributed by atoms with van der Waals surface area (Å²) in [7, 11) is 4.95. The number of aromatic nitrogens is 1. The van der Waals surface area contributed by atoms with Gasteiger partial charge in [0.15, 0.2) is 7.11 Å². The first-order chi connectivity index (χ1) is 20.9. The molecular weight excluding hydrogens is 546 g/mol. The van der Waals surface area contributed by atoms with Crippen LogP contribution < -0.4 is 4.90 Å². The minimum atomic E-state index is -0.570. The second kappa shape index (κ2) is 11.9. The number of rotatable bonds is 8. The maximum Gasteiger partial charge on any atom is 0.316 e. The smallest absolute Gasteiger partial charge is 0.316 e. The monoisotopic (exact) mass is 582 g/mol. The van der Waals surface area contributed by atoms with E-state index in [1.165, 1.54) is 7.11 Å². The van der Waals surface area contributed by atoms with Crippen LogP contribution in [0.3, 0.4) is 0 Å². The van der Waals surface area contributed by atoms with Gasteiger partial charge in [-0.1, -0.05) is 36.4 Å². The van der Waals surface area contributed by atoms with E-state index < -0.39 is 12.0 Å². The van der Waals surface area contributed by atoms with E-state index in [9.17, 15) is 14.5 Å². The Balaban J connectivity index is 1.34. The van der Waals surface area contributed by atoms with Crippen LogP contribution in [-0.2, 0) is 21.4 Å². The van der Waals surface area contributed by atoms with Crippen molar-refractivity contribution in [1.82, 2.24) is 14.4 Å². The van der Waals surface area contributed by atoms with Crippen molar-refractivity contribution < 1.29 is 24.1 Å². The highest BCUT2D eigenvalue weighted by atomic mass is 16.8. The number of piperazine rings is 1. The van der Waals surface area contributed by atoms with Gasteiger partial charge < -0.3 is 24.0 Å². The molecule has 10 heteroatoms. The fraction of sp³-hybridized carbons (Fsp3) is 0.333. The molecule has 10 nitrogen and oxygen atoms in total. The highest BCUT2D eigenvalue weighted by Gasteiger charge is 2.46. The minimum Gasteiger partial charge on any atom is -0.383 e. The largest absolute Gasteiger partial charge is 0.383 e. The van der Waals surface area contributed by atoms with E-state index in [0.29, 0.717) is 55.5 Å². The highest BCUT2D eigenvalue weighted by molar-refractivity contribution is 6.02. The standard InChI is InChI=1S/C33H36N5O5/c1-34-22-28(25-8-6-7-11-29(25)34)31-30(26-9-4-5-10-27(26)32(39)37(31)20-21-42-2)33(40)36-18-16-35(17-19-36)23-12-14-24(15-13-23)38(41)43-3/h4-15,22,30-31H,16-21H2,1-3H3/q+1. The first-order valence-electron chi connectivity index (χ1n) is 14.5. The van der Waals surface area contributed by atoms with Crippen molar-refractivity contribution in [1.29, 1.82) is 0 Å². The number of hydrogen-bond acceptors (Lipinski definition) is 6. The fourth-order valence-corrected chi connectivity index (χ4v) is 6.52. The molecule has 1 aromatic heterocycles. The topological polar surface area (TPSA) is 87.3 Å². The zero-order valence-electron chi connectivity index (χ0n) is 24.7. The van der Waals surface area contributed by atoms with Crippen LogP contribution in [0, 0.1) is 4.91 Å². The number of amides is 2. The molecule has 3 aromatic carbocycles. The maximum atomic E-state index is 14.6. The van der Waals surface area contributed by atoms with E-state index in [2.05, 4.69) is 27.8 Å². The Labute approximate surface area is 250 Å². The van der Waals surface area contributed by atoms with Crippen LogP contribution in [-0.4, -0.2) is 84.7 Å². The highest BCUT2D eigenvalue weighted by Crippen LogP contribution is 2.46. The van der Waals surface area contributed by atoms with Crippen LogP contribution in [0.2, 0.25) is 0 Å². The van der Waals surface area contributed by atoms with Crippen molar-refractivity contribution in [2.24, 2.45) is 7.05 Å². The van der Waals surface area contributed by atoms with Gasteiger partial charge in [-0.05, 0) is 29.8 Å². The van der Waals surface area contributed by atoms with E-state index >= 15 is 0 Å². The van der Waals surface area contributed by atoms with Crippen molar-refractivity contribution in [3.63, 3.8) is 0 Å². The van der Waals surface area contributed by atoms with Gasteiger partial charge in [0, 0.05) is 92.9 Å². The number of nitrogens with zero attached hydrogens (tertiary/aromatic N) is 5. The van der Waals surface area contributed by atoms with E-state index in [1.807, 2.05) is 65.4 Å². The lowest BCUT2D eigenvalue weighted by Gasteiger charge is -2.44. The summed E-state index contributed by atoms with van der Waals surface area (Å²) in [5.74, 6) is -0.648. The summed E-state index contributed by atoms with van der Waals surface area (Å²) in [4.78, 5) is 51.6. The van der Waals surface area contributed by atoms with Crippen molar-refractivity contribution in [2.45, 2.75) is 12.0 Å². The predicted octanol–water partition coefficient (Wildman–Crippen LogP) is 4.43. The Morgan fingerprint density at radius 3 is 2.33 bits per heavy atom. The molecule has 0 saturated carbocycles. The van der Waals surface area contributed by atoms with Crippen LogP contribution in [0.5, 0.6) is 0 Å². The van der Waals surface area contributed by atoms with Crippen molar-refractivity contribution in [3.05, 3.63) is 101 Å². The van der Waals surface area contributed by atoms with Gasteiger partial charge in [0.2, 0.25) is 5.91 Å². The lowest BCUT2D eigenvalue weighted by Crippen LogP contribution is -2.53. The van der Waals surface area contributed by atoms with Crippen molar-refractivity contribution in [3.8, 4) is 0 Å². The SMILES string of the molecule is COCCN1C(=O)c2ccccc2C(C(=O)N2CCN(c3ccc([N+](=O)OC)cc3)CC2)C1c1cn(C)c2ccccc12. The van der Waals surface area contributed by atoms with Crippen molar-refractivity contribution in [2.75, 3.05) is 58.5 Å². The molecule has 2 aliphatic heterocycles. The van der Waals surface area contributed by atoms with Gasteiger partial charge in [0.25, 0.3) is 10.8 Å². The average molecular weight is 583 g/mol. The van der Waals surface area contributed by atoms with Gasteiger partial charge in [0.05, 0.1) is 23.5 Å². The molecule has 0 bridgehead atoms. The molecule has 6 rings (SSSR count). The van der Waals surface area contributed by atoms with Gasteiger partial charge >= 0.3 is 5.69 Å². The number of para-hydroxylation sites is 1. The number of carbonyl (C=O) groups is 2. The number of ether oxygens (including phenoxy) is 1. The molecular formula is C33H36N5O5+. The summed E-state index contributed by atoms with van der Waals surface area (Å²) < 4.78 is 7.49. The van der Waals surface area contributed by atoms with E-state index in [1.54, 1.807) is 19.2 Å². The van der Waals surface area contributed by atoms with Crippen LogP contribution in [0.1, 0.15) is 33.4 Å². The van der Waals surface area contributed by atoms with E-state index in [4.69, 9.17) is 9.57 Å². The van der Waals surface area contributed by atoms with Crippen molar-refractivity contribution >= 4 is 34.1 Å². The first kappa shape index (κ1) is 28.4. The summed E-state index contributed by atoms with van der Waals surface area (Å²) in [6, 6.07) is 22.4. The molecule has 2 amide bonds. The number of anilines is 1.